The minimum absolute atomic E-state index is 0.588. The van der Waals surface area contributed by atoms with Gasteiger partial charge in [-0.15, -0.1) is 0 Å². The van der Waals surface area contributed by atoms with Crippen molar-refractivity contribution in [3.63, 3.8) is 0 Å². The summed E-state index contributed by atoms with van der Waals surface area (Å²) in [6.45, 7) is 0. The standard InChI is InChI=1S/C55H35N3O/c1-4-15-36(16-5-1)39-21-12-23-41(33-39)44-30-31-45(47-26-11-10-25-46(44)47)42-29-32-50-49(35-42)52-48(27-14-28-51(52)59-50)55-57-53(38-19-8-3-9-20-38)56-54(58-55)43-24-13-22-40(34-43)37-17-6-2-7-18-37/h1-35H. The van der Waals surface area contributed by atoms with Crippen LogP contribution in [0.4, 0.5) is 0 Å². The Hall–Kier alpha value is -7.95. The molecule has 59 heavy (non-hydrogen) atoms. The van der Waals surface area contributed by atoms with Gasteiger partial charge >= 0.3 is 0 Å². The van der Waals surface area contributed by atoms with E-state index < -0.39 is 0 Å². The summed E-state index contributed by atoms with van der Waals surface area (Å²) >= 11 is 0. The highest BCUT2D eigenvalue weighted by atomic mass is 16.3. The van der Waals surface area contributed by atoms with Crippen LogP contribution in [0.2, 0.25) is 0 Å². The molecule has 0 saturated heterocycles. The van der Waals surface area contributed by atoms with Crippen molar-refractivity contribution >= 4 is 32.7 Å². The topological polar surface area (TPSA) is 51.8 Å². The zero-order valence-corrected chi connectivity index (χ0v) is 32.0. The second-order valence-corrected chi connectivity index (χ2v) is 14.8. The molecule has 0 amide bonds. The first-order chi connectivity index (χ1) is 29.2. The molecular formula is C55H35N3O. The first-order valence-electron chi connectivity index (χ1n) is 19.8. The predicted octanol–water partition coefficient (Wildman–Crippen LogP) is 14.6. The van der Waals surface area contributed by atoms with E-state index >= 15 is 0 Å². The maximum absolute atomic E-state index is 6.54. The molecule has 0 N–H and O–H groups in total. The molecule has 0 aliphatic carbocycles. The van der Waals surface area contributed by atoms with Gasteiger partial charge in [0.25, 0.3) is 0 Å². The lowest BCUT2D eigenvalue weighted by molar-refractivity contribution is 0.669. The van der Waals surface area contributed by atoms with Gasteiger partial charge in [-0.3, -0.25) is 0 Å². The average molecular weight is 754 g/mol. The number of fused-ring (bicyclic) bond motifs is 4. The molecule has 4 heteroatoms. The fraction of sp³-hybridized carbons (Fsp3) is 0. The first-order valence-corrected chi connectivity index (χ1v) is 19.8. The van der Waals surface area contributed by atoms with E-state index in [4.69, 9.17) is 19.4 Å². The molecule has 0 fully saturated rings. The lowest BCUT2D eigenvalue weighted by Gasteiger charge is -2.13. The molecule has 2 aromatic heterocycles. The van der Waals surface area contributed by atoms with E-state index in [1.807, 2.05) is 48.5 Å². The molecule has 0 bridgehead atoms. The third-order valence-electron chi connectivity index (χ3n) is 11.1. The van der Waals surface area contributed by atoms with Gasteiger partial charge in [-0.25, -0.2) is 15.0 Å². The SMILES string of the molecule is c1ccc(-c2cccc(-c3nc(-c4ccccc4)nc(-c4cccc5oc6ccc(-c7ccc(-c8cccc(-c9ccccc9)c8)c8ccccc78)cc6c45)n3)c2)cc1. The predicted molar refractivity (Wildman–Crippen MR) is 243 cm³/mol. The number of rotatable bonds is 7. The first kappa shape index (κ1) is 34.3. The zero-order chi connectivity index (χ0) is 39.1. The Kier molecular flexibility index (Phi) is 8.45. The largest absolute Gasteiger partial charge is 0.456 e. The van der Waals surface area contributed by atoms with Gasteiger partial charge in [0.1, 0.15) is 11.2 Å². The summed E-state index contributed by atoms with van der Waals surface area (Å²) in [5.41, 5.74) is 13.6. The van der Waals surface area contributed by atoms with Gasteiger partial charge in [0.15, 0.2) is 17.5 Å². The summed E-state index contributed by atoms with van der Waals surface area (Å²) in [6, 6.07) is 74.1. The summed E-state index contributed by atoms with van der Waals surface area (Å²) < 4.78 is 6.54. The molecule has 0 aliphatic rings. The van der Waals surface area contributed by atoms with E-state index in [0.29, 0.717) is 17.5 Å². The minimum atomic E-state index is 0.588. The number of nitrogens with zero attached hydrogens (tertiary/aromatic N) is 3. The summed E-state index contributed by atoms with van der Waals surface area (Å²) in [5, 5.41) is 4.37. The molecule has 276 valence electrons. The summed E-state index contributed by atoms with van der Waals surface area (Å²) in [7, 11) is 0. The van der Waals surface area contributed by atoms with Crippen LogP contribution in [-0.4, -0.2) is 15.0 Å². The van der Waals surface area contributed by atoms with Crippen LogP contribution >= 0.6 is 0 Å². The zero-order valence-electron chi connectivity index (χ0n) is 32.0. The molecule has 0 spiro atoms. The van der Waals surface area contributed by atoms with Crippen LogP contribution in [0.5, 0.6) is 0 Å². The Bertz CT molecular complexity index is 3320. The Balaban J connectivity index is 1.06. The number of hydrogen-bond donors (Lipinski definition) is 0. The quantitative estimate of drug-likeness (QED) is 0.163. The van der Waals surface area contributed by atoms with Gasteiger partial charge < -0.3 is 4.42 Å². The molecule has 11 aromatic rings. The van der Waals surface area contributed by atoms with Crippen molar-refractivity contribution in [2.75, 3.05) is 0 Å². The molecular weight excluding hydrogens is 719 g/mol. The monoisotopic (exact) mass is 753 g/mol. The highest BCUT2D eigenvalue weighted by molar-refractivity contribution is 6.14. The Labute approximate surface area is 341 Å². The van der Waals surface area contributed by atoms with Crippen molar-refractivity contribution < 1.29 is 4.42 Å². The summed E-state index contributed by atoms with van der Waals surface area (Å²) in [5.74, 6) is 1.81. The van der Waals surface area contributed by atoms with E-state index in [-0.39, 0.29) is 0 Å². The second kappa shape index (κ2) is 14.5. The molecule has 0 radical (unpaired) electrons. The highest BCUT2D eigenvalue weighted by Gasteiger charge is 2.19. The van der Waals surface area contributed by atoms with Crippen LogP contribution in [0, 0.1) is 0 Å². The van der Waals surface area contributed by atoms with Crippen molar-refractivity contribution in [3.8, 4) is 78.7 Å². The second-order valence-electron chi connectivity index (χ2n) is 14.8. The lowest BCUT2D eigenvalue weighted by Crippen LogP contribution is -2.00. The van der Waals surface area contributed by atoms with E-state index in [2.05, 4.69) is 164 Å². The van der Waals surface area contributed by atoms with Crippen LogP contribution in [0.25, 0.3) is 111 Å². The molecule has 0 atom stereocenters. The molecule has 0 saturated carbocycles. The lowest BCUT2D eigenvalue weighted by atomic mass is 9.90. The van der Waals surface area contributed by atoms with Gasteiger partial charge in [0.2, 0.25) is 0 Å². The van der Waals surface area contributed by atoms with E-state index in [0.717, 1.165) is 60.9 Å². The van der Waals surface area contributed by atoms with E-state index in [1.165, 1.54) is 33.0 Å². The van der Waals surface area contributed by atoms with Crippen LogP contribution < -0.4 is 0 Å². The van der Waals surface area contributed by atoms with Crippen molar-refractivity contribution in [3.05, 3.63) is 212 Å². The van der Waals surface area contributed by atoms with Crippen molar-refractivity contribution in [1.82, 2.24) is 15.0 Å². The summed E-state index contributed by atoms with van der Waals surface area (Å²) in [4.78, 5) is 15.4. The average Bonchev–Trinajstić information content (AvgIpc) is 3.70. The normalized spacial score (nSPS) is 11.4. The molecule has 2 heterocycles. The van der Waals surface area contributed by atoms with Crippen molar-refractivity contribution in [1.29, 1.82) is 0 Å². The van der Waals surface area contributed by atoms with Gasteiger partial charge in [-0.05, 0) is 85.6 Å². The van der Waals surface area contributed by atoms with Crippen molar-refractivity contribution in [2.45, 2.75) is 0 Å². The number of aromatic nitrogens is 3. The fourth-order valence-corrected chi connectivity index (χ4v) is 8.29. The third-order valence-corrected chi connectivity index (χ3v) is 11.1. The maximum Gasteiger partial charge on any atom is 0.164 e. The van der Waals surface area contributed by atoms with E-state index in [1.54, 1.807) is 0 Å². The maximum atomic E-state index is 6.54. The van der Waals surface area contributed by atoms with Gasteiger partial charge in [0.05, 0.1) is 0 Å². The number of hydrogen-bond acceptors (Lipinski definition) is 4. The van der Waals surface area contributed by atoms with Crippen LogP contribution in [0.3, 0.4) is 0 Å². The number of benzene rings is 9. The third kappa shape index (κ3) is 6.34. The van der Waals surface area contributed by atoms with Gasteiger partial charge in [0, 0.05) is 27.5 Å². The molecule has 9 aromatic carbocycles. The smallest absolute Gasteiger partial charge is 0.164 e. The molecule has 4 nitrogen and oxygen atoms in total. The Morgan fingerprint density at radius 1 is 0.254 bits per heavy atom. The van der Waals surface area contributed by atoms with Crippen molar-refractivity contribution in [2.24, 2.45) is 0 Å². The van der Waals surface area contributed by atoms with Gasteiger partial charge in [-0.1, -0.05) is 182 Å². The van der Waals surface area contributed by atoms with Crippen LogP contribution in [-0.2, 0) is 0 Å². The summed E-state index contributed by atoms with van der Waals surface area (Å²) in [6.07, 6.45) is 0. The molecule has 0 aliphatic heterocycles. The number of furan rings is 1. The van der Waals surface area contributed by atoms with Gasteiger partial charge in [-0.2, -0.15) is 0 Å². The van der Waals surface area contributed by atoms with E-state index in [9.17, 15) is 0 Å². The highest BCUT2D eigenvalue weighted by Crippen LogP contribution is 2.41. The Morgan fingerprint density at radius 3 is 1.37 bits per heavy atom. The minimum Gasteiger partial charge on any atom is -0.456 e. The van der Waals surface area contributed by atoms with Crippen LogP contribution in [0.1, 0.15) is 0 Å². The molecule has 11 rings (SSSR count). The molecule has 0 unspecified atom stereocenters. The fourth-order valence-electron chi connectivity index (χ4n) is 8.29. The van der Waals surface area contributed by atoms with Crippen LogP contribution in [0.15, 0.2) is 217 Å². The Morgan fingerprint density at radius 2 is 0.729 bits per heavy atom.